The third kappa shape index (κ3) is 8.37. The Morgan fingerprint density at radius 2 is 0.878 bits per heavy atom. The zero-order valence-corrected chi connectivity index (χ0v) is 29.0. The molecule has 5 aromatic rings. The van der Waals surface area contributed by atoms with Gasteiger partial charge in [-0.1, -0.05) is 136 Å². The Bertz CT molecular complexity index is 1840. The first-order valence-electron chi connectivity index (χ1n) is 17.8. The zero-order chi connectivity index (χ0) is 33.8. The monoisotopic (exact) mass is 652 g/mol. The quantitative estimate of drug-likeness (QED) is 0.0919. The molecule has 1 aliphatic rings. The molecule has 0 heterocycles. The molecule has 4 heteroatoms. The summed E-state index contributed by atoms with van der Waals surface area (Å²) >= 11 is 0. The number of fused-ring (bicyclic) bond motifs is 8. The maximum atomic E-state index is 6.77. The van der Waals surface area contributed by atoms with Crippen molar-refractivity contribution in [3.8, 4) is 23.0 Å². The van der Waals surface area contributed by atoms with Crippen LogP contribution < -0.4 is 18.9 Å². The highest BCUT2D eigenvalue weighted by Gasteiger charge is 2.21. The molecule has 6 rings (SSSR count). The molecule has 252 valence electrons. The number of ether oxygens (including phenoxy) is 4. The maximum absolute atomic E-state index is 6.77. The lowest BCUT2D eigenvalue weighted by atomic mass is 9.91. The van der Waals surface area contributed by atoms with Gasteiger partial charge in [-0.2, -0.15) is 0 Å². The maximum Gasteiger partial charge on any atom is 0.126 e. The molecule has 0 radical (unpaired) electrons. The van der Waals surface area contributed by atoms with E-state index in [0.717, 1.165) is 92.3 Å². The van der Waals surface area contributed by atoms with Crippen molar-refractivity contribution < 1.29 is 18.9 Å². The molecule has 8 bridgehead atoms. The average Bonchev–Trinajstić information content (AvgIpc) is 3.12. The second kappa shape index (κ2) is 16.9. The fourth-order valence-electron chi connectivity index (χ4n) is 6.62. The molecule has 0 aliphatic heterocycles. The number of hydrogen-bond acceptors (Lipinski definition) is 4. The number of para-hydroxylation sites is 4. The van der Waals surface area contributed by atoms with Gasteiger partial charge < -0.3 is 18.9 Å². The van der Waals surface area contributed by atoms with Crippen molar-refractivity contribution in [2.24, 2.45) is 0 Å². The van der Waals surface area contributed by atoms with E-state index in [2.05, 4.69) is 117 Å². The van der Waals surface area contributed by atoms with Crippen LogP contribution >= 0.6 is 0 Å². The lowest BCUT2D eigenvalue weighted by Gasteiger charge is -2.22. The van der Waals surface area contributed by atoms with Gasteiger partial charge in [0.05, 0.1) is 13.2 Å². The minimum absolute atomic E-state index is 0.427. The van der Waals surface area contributed by atoms with Gasteiger partial charge >= 0.3 is 0 Å². The van der Waals surface area contributed by atoms with Crippen LogP contribution in [0.4, 0.5) is 0 Å². The number of benzene rings is 5. The lowest BCUT2D eigenvalue weighted by Crippen LogP contribution is -2.09. The number of hydrogen-bond donors (Lipinski definition) is 0. The van der Waals surface area contributed by atoms with Gasteiger partial charge in [0.25, 0.3) is 0 Å². The molecule has 0 fully saturated rings. The van der Waals surface area contributed by atoms with Gasteiger partial charge in [-0.05, 0) is 62.9 Å². The average molecular weight is 653 g/mol. The van der Waals surface area contributed by atoms with Crippen molar-refractivity contribution in [2.75, 3.05) is 19.8 Å². The Hall–Kier alpha value is -4.96. The normalized spacial score (nSPS) is 12.2. The van der Waals surface area contributed by atoms with Crippen molar-refractivity contribution in [1.29, 1.82) is 0 Å². The molecule has 1 aliphatic carbocycles. The predicted molar refractivity (Wildman–Crippen MR) is 200 cm³/mol. The summed E-state index contributed by atoms with van der Waals surface area (Å²) < 4.78 is 26.5. The van der Waals surface area contributed by atoms with E-state index < -0.39 is 0 Å². The topological polar surface area (TPSA) is 36.9 Å². The van der Waals surface area contributed by atoms with Crippen LogP contribution in [0.3, 0.4) is 0 Å². The van der Waals surface area contributed by atoms with Gasteiger partial charge in [0.1, 0.15) is 36.2 Å². The summed E-state index contributed by atoms with van der Waals surface area (Å²) in [6.45, 7) is 10.6. The first-order valence-corrected chi connectivity index (χ1v) is 17.8. The number of unbranched alkanes of at least 4 members (excludes halogenated alkanes) is 1. The summed E-state index contributed by atoms with van der Waals surface area (Å²) in [7, 11) is 0. The fourth-order valence-corrected chi connectivity index (χ4v) is 6.62. The summed E-state index contributed by atoms with van der Waals surface area (Å²) in [5.41, 5.74) is 10.3. The van der Waals surface area contributed by atoms with Crippen LogP contribution in [0.1, 0.15) is 83.2 Å². The highest BCUT2D eigenvalue weighted by atomic mass is 16.5. The summed E-state index contributed by atoms with van der Waals surface area (Å²) in [6, 6.07) is 36.5. The Balaban J connectivity index is 1.54. The molecular formula is C45H48O4. The smallest absolute Gasteiger partial charge is 0.126 e. The third-order valence-electron chi connectivity index (χ3n) is 9.00. The molecule has 0 aromatic heterocycles. The second-order valence-corrected chi connectivity index (χ2v) is 12.8. The fraction of sp³-hybridized carbons (Fsp3) is 0.289. The second-order valence-electron chi connectivity index (χ2n) is 12.8. The van der Waals surface area contributed by atoms with E-state index in [9.17, 15) is 0 Å². The molecule has 0 unspecified atom stereocenters. The Morgan fingerprint density at radius 3 is 1.29 bits per heavy atom. The van der Waals surface area contributed by atoms with Crippen molar-refractivity contribution >= 4 is 0 Å². The van der Waals surface area contributed by atoms with E-state index >= 15 is 0 Å². The van der Waals surface area contributed by atoms with Crippen LogP contribution in [0.25, 0.3) is 0 Å². The molecular weight excluding hydrogens is 604 g/mol. The highest BCUT2D eigenvalue weighted by molar-refractivity contribution is 5.56. The van der Waals surface area contributed by atoms with E-state index in [4.69, 9.17) is 18.9 Å². The minimum Gasteiger partial charge on any atom is -0.493 e. The summed E-state index contributed by atoms with van der Waals surface area (Å²) in [4.78, 5) is 0. The first-order chi connectivity index (χ1) is 24.2. The van der Waals surface area contributed by atoms with Crippen LogP contribution in [0.15, 0.2) is 116 Å². The molecule has 0 N–H and O–H groups in total. The van der Waals surface area contributed by atoms with Crippen LogP contribution in [-0.4, -0.2) is 19.8 Å². The SMILES string of the molecule is C=CCOc1c2cccc1Cc1cccc(c1OCc1ccccc1)Cc1cccc(c1OCCC)Cc1cccc(c1OCCCC)C2. The summed E-state index contributed by atoms with van der Waals surface area (Å²) in [6.07, 6.45) is 7.57. The van der Waals surface area contributed by atoms with Crippen LogP contribution in [-0.2, 0) is 32.3 Å². The van der Waals surface area contributed by atoms with Crippen LogP contribution in [0, 0.1) is 0 Å². The Labute approximate surface area is 292 Å². The summed E-state index contributed by atoms with van der Waals surface area (Å²) in [5, 5.41) is 0. The Kier molecular flexibility index (Phi) is 11.7. The van der Waals surface area contributed by atoms with Gasteiger partial charge in [-0.3, -0.25) is 0 Å². The molecule has 5 aromatic carbocycles. The Morgan fingerprint density at radius 1 is 0.469 bits per heavy atom. The van der Waals surface area contributed by atoms with E-state index in [-0.39, 0.29) is 0 Å². The lowest BCUT2D eigenvalue weighted by molar-refractivity contribution is 0.299. The minimum atomic E-state index is 0.427. The van der Waals surface area contributed by atoms with Gasteiger partial charge in [-0.25, -0.2) is 0 Å². The predicted octanol–water partition coefficient (Wildman–Crippen LogP) is 10.5. The standard InChI is InChI=1S/C45H48O4/c1-4-7-27-48-44-38-21-13-22-39(44)29-35-18-12-20-37(43(35)47-26-6-3)31-41-24-14-23-40(45(41)49-32-33-15-9-8-10-16-33)30-36-19-11-17-34(28-38)42(36)46-25-5-2/h5,8-24H,2,4,6-7,25-32H2,1,3H3. The molecule has 0 saturated carbocycles. The van der Waals surface area contributed by atoms with E-state index in [0.29, 0.717) is 52.1 Å². The van der Waals surface area contributed by atoms with Crippen molar-refractivity contribution in [1.82, 2.24) is 0 Å². The van der Waals surface area contributed by atoms with Crippen molar-refractivity contribution in [3.05, 3.63) is 166 Å². The van der Waals surface area contributed by atoms with Crippen molar-refractivity contribution in [2.45, 2.75) is 65.4 Å². The third-order valence-corrected chi connectivity index (χ3v) is 9.00. The van der Waals surface area contributed by atoms with Gasteiger partial charge in [0, 0.05) is 25.7 Å². The summed E-state index contributed by atoms with van der Waals surface area (Å²) in [5.74, 6) is 3.75. The highest BCUT2D eigenvalue weighted by Crippen LogP contribution is 2.39. The van der Waals surface area contributed by atoms with E-state index in [1.54, 1.807) is 0 Å². The van der Waals surface area contributed by atoms with E-state index in [1.807, 2.05) is 12.1 Å². The van der Waals surface area contributed by atoms with Crippen molar-refractivity contribution in [3.63, 3.8) is 0 Å². The van der Waals surface area contributed by atoms with Crippen LogP contribution in [0.2, 0.25) is 0 Å². The van der Waals surface area contributed by atoms with Crippen LogP contribution in [0.5, 0.6) is 23.0 Å². The van der Waals surface area contributed by atoms with Gasteiger partial charge in [0.2, 0.25) is 0 Å². The molecule has 0 amide bonds. The molecule has 49 heavy (non-hydrogen) atoms. The number of rotatable bonds is 13. The first kappa shape index (κ1) is 33.9. The molecule has 0 saturated heterocycles. The van der Waals surface area contributed by atoms with E-state index in [1.165, 1.54) is 0 Å². The zero-order valence-electron chi connectivity index (χ0n) is 29.0. The largest absolute Gasteiger partial charge is 0.493 e. The molecule has 0 atom stereocenters. The molecule has 4 nitrogen and oxygen atoms in total. The van der Waals surface area contributed by atoms with Gasteiger partial charge in [0.15, 0.2) is 0 Å². The molecule has 0 spiro atoms. The van der Waals surface area contributed by atoms with Gasteiger partial charge in [-0.15, -0.1) is 0 Å².